The maximum absolute atomic E-state index is 12.6. The molecule has 2 atom stereocenters. The minimum atomic E-state index is 0.0230. The Morgan fingerprint density at radius 2 is 1.92 bits per heavy atom. The van der Waals surface area contributed by atoms with Gasteiger partial charge < -0.3 is 15.5 Å². The first-order chi connectivity index (χ1) is 11.7. The van der Waals surface area contributed by atoms with Crippen molar-refractivity contribution in [3.05, 3.63) is 54.1 Å². The molecule has 2 aliphatic rings. The molecule has 2 aliphatic heterocycles. The van der Waals surface area contributed by atoms with Crippen LogP contribution in [0.3, 0.4) is 0 Å². The molecular weight excluding hydrogens is 298 g/mol. The third kappa shape index (κ3) is 2.78. The second kappa shape index (κ2) is 6.29. The van der Waals surface area contributed by atoms with Gasteiger partial charge in [0.15, 0.2) is 0 Å². The highest BCUT2D eigenvalue weighted by atomic mass is 16.2. The number of nitrogens with zero attached hydrogens (tertiary/aromatic N) is 1. The number of urea groups is 1. The number of likely N-dealkylation sites (tertiary alicyclic amines) is 1. The van der Waals surface area contributed by atoms with Crippen molar-refractivity contribution in [3.8, 4) is 11.1 Å². The van der Waals surface area contributed by atoms with E-state index < -0.39 is 0 Å². The van der Waals surface area contributed by atoms with Gasteiger partial charge in [0.25, 0.3) is 0 Å². The molecule has 0 aromatic heterocycles. The van der Waals surface area contributed by atoms with Crippen LogP contribution in [-0.2, 0) is 0 Å². The summed E-state index contributed by atoms with van der Waals surface area (Å²) in [4.78, 5) is 14.5. The number of carbonyl (C=O) groups excluding carboxylic acids is 1. The Morgan fingerprint density at radius 3 is 2.71 bits per heavy atom. The van der Waals surface area contributed by atoms with E-state index in [1.165, 1.54) is 16.7 Å². The minimum Gasteiger partial charge on any atom is -0.320 e. The van der Waals surface area contributed by atoms with E-state index in [0.29, 0.717) is 12.0 Å². The normalized spacial score (nSPS) is 22.5. The maximum Gasteiger partial charge on any atom is 0.322 e. The van der Waals surface area contributed by atoms with Gasteiger partial charge in [-0.3, -0.25) is 0 Å². The van der Waals surface area contributed by atoms with Gasteiger partial charge in [-0.15, -0.1) is 0 Å². The molecular formula is C20H23N3O. The van der Waals surface area contributed by atoms with Gasteiger partial charge in [0.1, 0.15) is 0 Å². The molecule has 24 heavy (non-hydrogen) atoms. The Kier molecular flexibility index (Phi) is 3.98. The van der Waals surface area contributed by atoms with Crippen LogP contribution in [0.1, 0.15) is 12.0 Å². The van der Waals surface area contributed by atoms with Crippen molar-refractivity contribution in [1.29, 1.82) is 0 Å². The number of rotatable bonds is 2. The van der Waals surface area contributed by atoms with Gasteiger partial charge in [0, 0.05) is 31.4 Å². The average Bonchev–Trinajstić information content (AvgIpc) is 3.19. The number of hydrogen-bond acceptors (Lipinski definition) is 2. The van der Waals surface area contributed by atoms with Gasteiger partial charge in [0.2, 0.25) is 0 Å². The first kappa shape index (κ1) is 15.2. The fourth-order valence-electron chi connectivity index (χ4n) is 3.93. The van der Waals surface area contributed by atoms with E-state index >= 15 is 0 Å². The molecule has 4 nitrogen and oxygen atoms in total. The molecule has 2 N–H and O–H groups in total. The second-order valence-corrected chi connectivity index (χ2v) is 6.79. The van der Waals surface area contributed by atoms with Gasteiger partial charge in [-0.05, 0) is 48.1 Å². The first-order valence-electron chi connectivity index (χ1n) is 8.67. The summed E-state index contributed by atoms with van der Waals surface area (Å²) in [5, 5.41) is 6.43. The molecule has 2 heterocycles. The molecule has 0 unspecified atom stereocenters. The van der Waals surface area contributed by atoms with E-state index in [4.69, 9.17) is 0 Å². The number of carbonyl (C=O) groups is 1. The molecule has 2 saturated heterocycles. The standard InChI is InChI=1S/C20H23N3O/c1-14-4-2-3-5-18(14)15-6-8-17(9-7-15)22-20(24)23-11-10-16-12-21-13-19(16)23/h2-9,16,19,21H,10-13H2,1H3,(H,22,24)/t16-,19+/m1/s1. The first-order valence-corrected chi connectivity index (χ1v) is 8.67. The van der Waals surface area contributed by atoms with Crippen LogP contribution in [0.2, 0.25) is 0 Å². The topological polar surface area (TPSA) is 44.4 Å². The molecule has 0 bridgehead atoms. The van der Waals surface area contributed by atoms with Crippen LogP contribution in [0.15, 0.2) is 48.5 Å². The molecule has 2 amide bonds. The van der Waals surface area contributed by atoms with Crippen molar-refractivity contribution >= 4 is 11.7 Å². The van der Waals surface area contributed by atoms with Crippen molar-refractivity contribution in [2.45, 2.75) is 19.4 Å². The summed E-state index contributed by atoms with van der Waals surface area (Å²) in [7, 11) is 0. The third-order valence-electron chi connectivity index (χ3n) is 5.30. The quantitative estimate of drug-likeness (QED) is 0.889. The average molecular weight is 321 g/mol. The number of benzene rings is 2. The fourth-order valence-corrected chi connectivity index (χ4v) is 3.93. The molecule has 0 spiro atoms. The summed E-state index contributed by atoms with van der Waals surface area (Å²) < 4.78 is 0. The highest BCUT2D eigenvalue weighted by Crippen LogP contribution is 2.28. The van der Waals surface area contributed by atoms with E-state index in [-0.39, 0.29) is 6.03 Å². The molecule has 124 valence electrons. The van der Waals surface area contributed by atoms with Crippen molar-refractivity contribution in [2.24, 2.45) is 5.92 Å². The molecule has 2 aromatic rings. The second-order valence-electron chi connectivity index (χ2n) is 6.79. The van der Waals surface area contributed by atoms with Crippen LogP contribution < -0.4 is 10.6 Å². The van der Waals surface area contributed by atoms with E-state index in [2.05, 4.69) is 54.0 Å². The summed E-state index contributed by atoms with van der Waals surface area (Å²) in [6.45, 7) is 4.94. The van der Waals surface area contributed by atoms with Gasteiger partial charge in [-0.1, -0.05) is 36.4 Å². The van der Waals surface area contributed by atoms with Crippen molar-refractivity contribution in [3.63, 3.8) is 0 Å². The zero-order valence-electron chi connectivity index (χ0n) is 14.0. The Labute approximate surface area is 142 Å². The van der Waals surface area contributed by atoms with Crippen LogP contribution in [0, 0.1) is 12.8 Å². The van der Waals surface area contributed by atoms with Crippen LogP contribution in [0.4, 0.5) is 10.5 Å². The van der Waals surface area contributed by atoms with Crippen LogP contribution >= 0.6 is 0 Å². The van der Waals surface area contributed by atoms with Gasteiger partial charge in [-0.2, -0.15) is 0 Å². The molecule has 2 fully saturated rings. The largest absolute Gasteiger partial charge is 0.322 e. The predicted molar refractivity (Wildman–Crippen MR) is 97.1 cm³/mol. The summed E-state index contributed by atoms with van der Waals surface area (Å²) >= 11 is 0. The Bertz CT molecular complexity index is 741. The van der Waals surface area contributed by atoms with Crippen molar-refractivity contribution in [2.75, 3.05) is 25.0 Å². The Morgan fingerprint density at radius 1 is 1.12 bits per heavy atom. The summed E-state index contributed by atoms with van der Waals surface area (Å²) in [5.74, 6) is 0.624. The van der Waals surface area contributed by atoms with Gasteiger partial charge in [0.05, 0.1) is 0 Å². The lowest BCUT2D eigenvalue weighted by molar-refractivity contribution is 0.206. The molecule has 4 rings (SSSR count). The van der Waals surface area contributed by atoms with Gasteiger partial charge in [-0.25, -0.2) is 4.79 Å². The van der Waals surface area contributed by atoms with E-state index in [1.807, 2.05) is 17.0 Å². The molecule has 4 heteroatoms. The van der Waals surface area contributed by atoms with Crippen LogP contribution in [0.5, 0.6) is 0 Å². The van der Waals surface area contributed by atoms with Crippen LogP contribution in [0.25, 0.3) is 11.1 Å². The number of fused-ring (bicyclic) bond motifs is 1. The summed E-state index contributed by atoms with van der Waals surface area (Å²) in [6, 6.07) is 16.8. The van der Waals surface area contributed by atoms with E-state index in [0.717, 1.165) is 31.7 Å². The zero-order valence-corrected chi connectivity index (χ0v) is 14.0. The Balaban J connectivity index is 1.46. The monoisotopic (exact) mass is 321 g/mol. The zero-order chi connectivity index (χ0) is 16.5. The number of anilines is 1. The smallest absolute Gasteiger partial charge is 0.320 e. The number of nitrogens with one attached hydrogen (secondary N) is 2. The third-order valence-corrected chi connectivity index (χ3v) is 5.30. The highest BCUT2D eigenvalue weighted by Gasteiger charge is 2.39. The molecule has 2 aromatic carbocycles. The van der Waals surface area contributed by atoms with Crippen molar-refractivity contribution in [1.82, 2.24) is 10.2 Å². The van der Waals surface area contributed by atoms with Gasteiger partial charge >= 0.3 is 6.03 Å². The lowest BCUT2D eigenvalue weighted by atomic mass is 10.0. The lowest BCUT2D eigenvalue weighted by Crippen LogP contribution is -2.41. The molecule has 0 radical (unpaired) electrons. The van der Waals surface area contributed by atoms with E-state index in [9.17, 15) is 4.79 Å². The SMILES string of the molecule is Cc1ccccc1-c1ccc(NC(=O)N2CC[C@@H]3CNC[C@@H]32)cc1. The maximum atomic E-state index is 12.6. The highest BCUT2D eigenvalue weighted by molar-refractivity contribution is 5.90. The number of amides is 2. The molecule has 0 saturated carbocycles. The lowest BCUT2D eigenvalue weighted by Gasteiger charge is -2.23. The Hall–Kier alpha value is -2.33. The van der Waals surface area contributed by atoms with E-state index in [1.54, 1.807) is 0 Å². The van der Waals surface area contributed by atoms with Crippen molar-refractivity contribution < 1.29 is 4.79 Å². The number of hydrogen-bond donors (Lipinski definition) is 2. The summed E-state index contributed by atoms with van der Waals surface area (Å²) in [5.41, 5.74) is 4.51. The minimum absolute atomic E-state index is 0.0230. The van der Waals surface area contributed by atoms with Crippen LogP contribution in [-0.4, -0.2) is 36.6 Å². The molecule has 0 aliphatic carbocycles. The predicted octanol–water partition coefficient (Wildman–Crippen LogP) is 3.49. The fraction of sp³-hybridized carbons (Fsp3) is 0.350. The number of aryl methyl sites for hydroxylation is 1. The summed E-state index contributed by atoms with van der Waals surface area (Å²) in [6.07, 6.45) is 1.11.